The van der Waals surface area contributed by atoms with Gasteiger partial charge in [0.15, 0.2) is 56.5 Å². The minimum atomic E-state index is -4.34. The van der Waals surface area contributed by atoms with E-state index in [0.717, 1.165) is 80.2 Å². The zero-order valence-corrected chi connectivity index (χ0v) is 70.6. The number of aromatic nitrogens is 12. The first kappa shape index (κ1) is 82.2. The molecule has 0 bridgehead atoms. The van der Waals surface area contributed by atoms with Gasteiger partial charge in [-0.05, 0) is 194 Å². The van der Waals surface area contributed by atoms with Crippen molar-refractivity contribution < 1.29 is 53.7 Å². The first-order chi connectivity index (χ1) is 59.3. The van der Waals surface area contributed by atoms with Gasteiger partial charge in [0.05, 0.1) is 78.5 Å². The number of nitrogens with zero attached hydrogens (tertiary/aromatic N) is 9. The van der Waals surface area contributed by atoms with Crippen LogP contribution >= 0.6 is 0 Å². The topological polar surface area (TPSA) is 101 Å². The number of H-pyrrole nitrogens is 3. The number of imidazole rings is 4. The Morgan fingerprint density at radius 2 is 0.756 bits per heavy atom. The molecule has 0 spiro atoms. The number of alkyl halides is 6. The van der Waals surface area contributed by atoms with E-state index in [4.69, 9.17) is 4.98 Å². The molecular weight excluding hydrogens is 1540 g/mol. The molecule has 18 heteroatoms. The van der Waals surface area contributed by atoms with Gasteiger partial charge in [0.25, 0.3) is 23.3 Å². The maximum absolute atomic E-state index is 12.9. The zero-order valence-electron chi connectivity index (χ0n) is 70.6. The van der Waals surface area contributed by atoms with Gasteiger partial charge in [-0.2, -0.15) is 35.5 Å². The number of para-hydroxylation sites is 8. The Hall–Kier alpha value is -14.5. The summed E-state index contributed by atoms with van der Waals surface area (Å²) in [5.74, 6) is 3.87. The van der Waals surface area contributed by atoms with Crippen LogP contribution in [-0.2, 0) is 61.2 Å². The second kappa shape index (κ2) is 34.3. The Bertz CT molecular complexity index is 7520. The van der Waals surface area contributed by atoms with E-state index in [0.29, 0.717) is 17.0 Å². The summed E-state index contributed by atoms with van der Waals surface area (Å²) in [5.41, 5.74) is 23.5. The highest BCUT2D eigenvalue weighted by atomic mass is 19.4. The summed E-state index contributed by atoms with van der Waals surface area (Å²) >= 11 is 0. The molecule has 0 aliphatic carbocycles. The van der Waals surface area contributed by atoms with Gasteiger partial charge in [0.2, 0.25) is 11.0 Å². The van der Waals surface area contributed by atoms with E-state index in [1.807, 2.05) is 84.2 Å². The summed E-state index contributed by atoms with van der Waals surface area (Å²) in [7, 11) is 12.2. The average Bonchev–Trinajstić information content (AvgIpc) is 1.64. The van der Waals surface area contributed by atoms with Crippen molar-refractivity contribution in [1.82, 2.24) is 29.5 Å². The van der Waals surface area contributed by atoms with Gasteiger partial charge in [-0.3, -0.25) is 0 Å². The molecular formula is C105H94F6N12+6. The van der Waals surface area contributed by atoms with Crippen LogP contribution in [0.2, 0.25) is 0 Å². The molecule has 21 rings (SSSR count). The van der Waals surface area contributed by atoms with Gasteiger partial charge in [-0.1, -0.05) is 206 Å². The summed E-state index contributed by atoms with van der Waals surface area (Å²) in [4.78, 5) is 19.4. The number of hydrogen-bond acceptors (Lipinski definition) is 2. The summed E-state index contributed by atoms with van der Waals surface area (Å²) in [6, 6.07) is 99.8. The quantitative estimate of drug-likeness (QED) is 0.0877. The molecule has 12 nitrogen and oxygen atoms in total. The fourth-order valence-corrected chi connectivity index (χ4v) is 17.1. The molecule has 0 aliphatic rings. The summed E-state index contributed by atoms with van der Waals surface area (Å²) in [6.07, 6.45) is -2.69. The van der Waals surface area contributed by atoms with E-state index in [1.165, 1.54) is 140 Å². The maximum atomic E-state index is 12.9. The monoisotopic (exact) mass is 1640 g/mol. The minimum absolute atomic E-state index is 0.559. The molecule has 6 heterocycles. The van der Waals surface area contributed by atoms with Crippen molar-refractivity contribution in [2.45, 2.75) is 60.4 Å². The molecule has 15 aromatic carbocycles. The van der Waals surface area contributed by atoms with Crippen LogP contribution in [0.25, 0.3) is 155 Å². The van der Waals surface area contributed by atoms with Crippen molar-refractivity contribution in [3.8, 4) is 45.6 Å². The Kier molecular flexibility index (Phi) is 22.9. The predicted molar refractivity (Wildman–Crippen MR) is 483 cm³/mol. The van der Waals surface area contributed by atoms with Gasteiger partial charge in [-0.15, -0.1) is 0 Å². The highest BCUT2D eigenvalue weighted by Gasteiger charge is 2.34. The number of fused-ring (bicyclic) bond motifs is 16. The maximum Gasteiger partial charge on any atom is 0.416 e. The number of nitrogens with one attached hydrogen (secondary N) is 3. The fraction of sp³-hybridized carbons (Fsp3) is 0.143. The Balaban J connectivity index is 0.000000110. The highest BCUT2D eigenvalue weighted by Crippen LogP contribution is 2.39. The number of aromatic amines is 3. The molecule has 0 saturated carbocycles. The van der Waals surface area contributed by atoms with Crippen molar-refractivity contribution in [2.75, 3.05) is 0 Å². The third-order valence-corrected chi connectivity index (χ3v) is 23.2. The second-order valence-corrected chi connectivity index (χ2v) is 31.3. The third kappa shape index (κ3) is 16.3. The Morgan fingerprint density at radius 1 is 0.333 bits per heavy atom. The van der Waals surface area contributed by atoms with Crippen molar-refractivity contribution in [3.05, 3.63) is 372 Å². The molecule has 123 heavy (non-hydrogen) atoms. The number of halogens is 6. The predicted octanol–water partition coefficient (Wildman–Crippen LogP) is 22.8. The standard InChI is InChI=1S/C22H21N2.C19H17N2.C17H13N2.2C16H13F3N2.C15H14N2/c1-17-10-6-7-13-19(17)22-23(2)20-14-8-9-15-21(20)24(22)16-18-11-4-3-5-12-18;1-12-7-6-10-15-14-8-4-5-9-16(14)18-19(17(12)15)21(3)11-13(2)20-18;1-19-11-10-18-16-14-8-4-2-6-12(14)13-7-3-5-9-15(13)17(16)19;1-10-9-11(16(17,18)19)7-8-12(10)15-20-13-5-3-4-6-14(13)21(15)2;1-10-7-8-11(16(17,18)19)9-12(10)15-20-13-5-3-4-6-14(13)21(15)2;1-11-7-3-4-8-12(11)15-16-13-9-5-6-10-14(13)17(15)2/h3-15H,16H2,1-2H3;4-11H,1-3H3;2-11H,1H3;2*3-9H,1-2H3;3-10H,1-2H3/q3*+1;;;/p+3. The van der Waals surface area contributed by atoms with Crippen LogP contribution in [0.1, 0.15) is 50.2 Å². The zero-order chi connectivity index (χ0) is 86.1. The molecule has 0 atom stereocenters. The van der Waals surface area contributed by atoms with Crippen molar-refractivity contribution in [2.24, 2.45) is 42.3 Å². The van der Waals surface area contributed by atoms with Crippen LogP contribution < -0.4 is 27.4 Å². The molecule has 0 aliphatic heterocycles. The lowest BCUT2D eigenvalue weighted by molar-refractivity contribution is -0.644. The molecule has 0 radical (unpaired) electrons. The van der Waals surface area contributed by atoms with E-state index in [2.05, 4.69) is 323 Å². The van der Waals surface area contributed by atoms with Gasteiger partial charge in [0, 0.05) is 10.8 Å². The molecule has 3 N–H and O–H groups in total. The van der Waals surface area contributed by atoms with Crippen LogP contribution in [0.5, 0.6) is 0 Å². The SMILES string of the molecule is C[n+]1ccnc2c3ccccc3c3ccccc3c21.Cc1c[n+](C)c2c(n1)c1ccccc1c1cccc(C)c12.Cc1cc(C(F)(F)F)ccc1-c1[nH]c2ccccc2[n+]1C.Cc1ccc(C(F)(F)F)cc1-c1[nH]c2ccccc2[n+]1C.Cc1ccccc1-c1[nH]c2ccccc2[n+]1C.Cc1ccccc1-c1n(Cc2ccccc2)c2ccccc2[n+]1C. The van der Waals surface area contributed by atoms with Gasteiger partial charge >= 0.3 is 12.4 Å². The van der Waals surface area contributed by atoms with Crippen molar-refractivity contribution in [1.29, 1.82) is 0 Å². The van der Waals surface area contributed by atoms with E-state index < -0.39 is 23.5 Å². The van der Waals surface area contributed by atoms with Crippen LogP contribution in [0.3, 0.4) is 0 Å². The van der Waals surface area contributed by atoms with Crippen LogP contribution in [0.4, 0.5) is 26.3 Å². The van der Waals surface area contributed by atoms with E-state index in [-0.39, 0.29) is 0 Å². The van der Waals surface area contributed by atoms with E-state index in [9.17, 15) is 26.3 Å². The largest absolute Gasteiger partial charge is 0.416 e. The lowest BCUT2D eigenvalue weighted by Crippen LogP contribution is -2.30. The lowest BCUT2D eigenvalue weighted by Gasteiger charge is -2.10. The van der Waals surface area contributed by atoms with E-state index in [1.54, 1.807) is 13.8 Å². The van der Waals surface area contributed by atoms with Crippen molar-refractivity contribution >= 4 is 109 Å². The number of rotatable bonds is 6. The first-order valence-corrected chi connectivity index (χ1v) is 40.8. The minimum Gasteiger partial charge on any atom is -0.243 e. The summed E-state index contributed by atoms with van der Waals surface area (Å²) < 4.78 is 92.0. The molecule has 21 aromatic rings. The summed E-state index contributed by atoms with van der Waals surface area (Å²) in [6.45, 7) is 12.9. The molecule has 0 fully saturated rings. The van der Waals surface area contributed by atoms with Crippen LogP contribution in [0, 0.1) is 41.5 Å². The van der Waals surface area contributed by atoms with Crippen molar-refractivity contribution in [3.63, 3.8) is 0 Å². The van der Waals surface area contributed by atoms with Gasteiger partial charge < -0.3 is 0 Å². The molecule has 0 amide bonds. The molecule has 610 valence electrons. The van der Waals surface area contributed by atoms with E-state index >= 15 is 0 Å². The van der Waals surface area contributed by atoms with Gasteiger partial charge in [-0.25, -0.2) is 47.8 Å². The normalized spacial score (nSPS) is 11.5. The van der Waals surface area contributed by atoms with Crippen LogP contribution in [0.15, 0.2) is 322 Å². The smallest absolute Gasteiger partial charge is 0.243 e. The average molecular weight is 1640 g/mol. The molecule has 0 unspecified atom stereocenters. The number of aryl methyl sites for hydroxylation is 12. The van der Waals surface area contributed by atoms with Gasteiger partial charge in [0.1, 0.15) is 37.4 Å². The fourth-order valence-electron chi connectivity index (χ4n) is 17.1. The molecule has 6 aromatic heterocycles. The number of benzene rings is 15. The van der Waals surface area contributed by atoms with Crippen LogP contribution in [-0.4, -0.2) is 29.5 Å². The molecule has 0 saturated heterocycles. The second-order valence-electron chi connectivity index (χ2n) is 31.3. The lowest BCUT2D eigenvalue weighted by atomic mass is 9.96. The number of hydrogen-bond donors (Lipinski definition) is 3. The summed E-state index contributed by atoms with van der Waals surface area (Å²) in [5, 5.41) is 10.1. The highest BCUT2D eigenvalue weighted by molar-refractivity contribution is 6.23. The third-order valence-electron chi connectivity index (χ3n) is 23.2. The first-order valence-electron chi connectivity index (χ1n) is 40.8. The Morgan fingerprint density at radius 3 is 1.31 bits per heavy atom. The Labute approximate surface area is 708 Å².